The second kappa shape index (κ2) is 5.38. The summed E-state index contributed by atoms with van der Waals surface area (Å²) in [7, 11) is 0. The van der Waals surface area contributed by atoms with E-state index in [-0.39, 0.29) is 11.9 Å². The van der Waals surface area contributed by atoms with Gasteiger partial charge in [-0.1, -0.05) is 18.2 Å². The Morgan fingerprint density at radius 3 is 2.74 bits per heavy atom. The molecule has 1 amide bonds. The van der Waals surface area contributed by atoms with Crippen LogP contribution in [0.5, 0.6) is 0 Å². The van der Waals surface area contributed by atoms with Crippen molar-refractivity contribution in [1.82, 2.24) is 26.1 Å². The van der Waals surface area contributed by atoms with Gasteiger partial charge in [0.25, 0.3) is 5.91 Å². The van der Waals surface area contributed by atoms with Gasteiger partial charge in [-0.2, -0.15) is 5.10 Å². The number of nitrogens with zero attached hydrogens (tertiary/aromatic N) is 1. The topological polar surface area (TPSA) is 81.8 Å². The molecule has 1 aliphatic heterocycles. The van der Waals surface area contributed by atoms with Crippen LogP contribution in [0.1, 0.15) is 10.5 Å². The third-order valence-electron chi connectivity index (χ3n) is 3.28. The molecule has 6 nitrogen and oxygen atoms in total. The number of nitrogens with one attached hydrogen (secondary N) is 4. The Labute approximate surface area is 111 Å². The van der Waals surface area contributed by atoms with Crippen LogP contribution in [0.2, 0.25) is 0 Å². The molecule has 0 aliphatic carbocycles. The molecule has 4 N–H and O–H groups in total. The highest BCUT2D eigenvalue weighted by molar-refractivity contribution is 6.04. The normalized spacial score (nSPS) is 17.3. The van der Waals surface area contributed by atoms with Crippen LogP contribution in [0.15, 0.2) is 24.3 Å². The van der Waals surface area contributed by atoms with Gasteiger partial charge in [0, 0.05) is 31.6 Å². The number of hydrogen-bond acceptors (Lipinski definition) is 4. The van der Waals surface area contributed by atoms with Crippen LogP contribution in [-0.2, 0) is 0 Å². The van der Waals surface area contributed by atoms with E-state index in [1.165, 1.54) is 0 Å². The zero-order valence-electron chi connectivity index (χ0n) is 10.6. The quantitative estimate of drug-likeness (QED) is 0.605. The molecule has 0 atom stereocenters. The lowest BCUT2D eigenvalue weighted by Crippen LogP contribution is -2.45. The average Bonchev–Trinajstić information content (AvgIpc) is 2.70. The summed E-state index contributed by atoms with van der Waals surface area (Å²) in [6, 6.07) is 7.72. The molecule has 2 aromatic rings. The molecule has 1 aliphatic rings. The highest BCUT2D eigenvalue weighted by atomic mass is 16.2. The van der Waals surface area contributed by atoms with Gasteiger partial charge in [-0.25, -0.2) is 0 Å². The van der Waals surface area contributed by atoms with Gasteiger partial charge in [-0.15, -0.1) is 0 Å². The van der Waals surface area contributed by atoms with Crippen LogP contribution in [0.25, 0.3) is 10.9 Å². The maximum atomic E-state index is 12.3. The van der Waals surface area contributed by atoms with E-state index in [0.29, 0.717) is 5.69 Å². The van der Waals surface area contributed by atoms with E-state index in [1.54, 1.807) is 0 Å². The molecule has 1 aromatic carbocycles. The van der Waals surface area contributed by atoms with Gasteiger partial charge in [0.2, 0.25) is 0 Å². The molecule has 2 heterocycles. The number of aromatic nitrogens is 2. The number of para-hydroxylation sites is 1. The minimum atomic E-state index is -0.132. The van der Waals surface area contributed by atoms with Crippen molar-refractivity contribution in [2.24, 2.45) is 0 Å². The third-order valence-corrected chi connectivity index (χ3v) is 3.28. The highest BCUT2D eigenvalue weighted by Gasteiger charge is 2.18. The molecule has 0 unspecified atom stereocenters. The number of carbonyl (C=O) groups is 1. The standard InChI is InChI=1S/C13H17N5O/c19-13(16-9-7-14-5-6-15-8-9)12-10-3-1-2-4-11(10)17-18-12/h1-4,9,14-15H,5-8H2,(H,16,19)(H,17,18). The van der Waals surface area contributed by atoms with E-state index in [9.17, 15) is 4.79 Å². The Morgan fingerprint density at radius 2 is 1.95 bits per heavy atom. The van der Waals surface area contributed by atoms with Crippen molar-refractivity contribution in [3.63, 3.8) is 0 Å². The lowest BCUT2D eigenvalue weighted by molar-refractivity contribution is 0.0934. The number of benzene rings is 1. The first-order valence-electron chi connectivity index (χ1n) is 6.50. The molecule has 6 heteroatoms. The Hall–Kier alpha value is -1.92. The molecular formula is C13H17N5O. The summed E-state index contributed by atoms with van der Waals surface area (Å²) in [6.45, 7) is 3.41. The van der Waals surface area contributed by atoms with Gasteiger partial charge >= 0.3 is 0 Å². The summed E-state index contributed by atoms with van der Waals surface area (Å²) in [5.41, 5.74) is 1.34. The number of carbonyl (C=O) groups excluding carboxylic acids is 1. The molecule has 0 radical (unpaired) electrons. The summed E-state index contributed by atoms with van der Waals surface area (Å²) in [5.74, 6) is -0.132. The van der Waals surface area contributed by atoms with Crippen LogP contribution in [0, 0.1) is 0 Å². The molecule has 3 rings (SSSR count). The van der Waals surface area contributed by atoms with Crippen molar-refractivity contribution >= 4 is 16.8 Å². The van der Waals surface area contributed by atoms with Gasteiger partial charge in [-0.3, -0.25) is 9.89 Å². The minimum Gasteiger partial charge on any atom is -0.345 e. The largest absolute Gasteiger partial charge is 0.345 e. The van der Waals surface area contributed by atoms with Crippen molar-refractivity contribution in [1.29, 1.82) is 0 Å². The lowest BCUT2D eigenvalue weighted by Gasteiger charge is -2.15. The molecule has 0 saturated carbocycles. The van der Waals surface area contributed by atoms with E-state index >= 15 is 0 Å². The van der Waals surface area contributed by atoms with E-state index in [0.717, 1.165) is 37.1 Å². The lowest BCUT2D eigenvalue weighted by atomic mass is 10.2. The summed E-state index contributed by atoms with van der Waals surface area (Å²) in [6.07, 6.45) is 0. The summed E-state index contributed by atoms with van der Waals surface area (Å²) in [4.78, 5) is 12.3. The van der Waals surface area contributed by atoms with Gasteiger partial charge < -0.3 is 16.0 Å². The molecule has 1 fully saturated rings. The Kier molecular flexibility index (Phi) is 3.43. The zero-order valence-corrected chi connectivity index (χ0v) is 10.6. The fourth-order valence-electron chi connectivity index (χ4n) is 2.29. The Morgan fingerprint density at radius 1 is 1.21 bits per heavy atom. The number of aromatic amines is 1. The van der Waals surface area contributed by atoms with Crippen molar-refractivity contribution in [3.8, 4) is 0 Å². The molecule has 1 saturated heterocycles. The first kappa shape index (κ1) is 12.1. The van der Waals surface area contributed by atoms with Crippen LogP contribution < -0.4 is 16.0 Å². The van der Waals surface area contributed by atoms with Crippen LogP contribution in [0.3, 0.4) is 0 Å². The smallest absolute Gasteiger partial charge is 0.272 e. The second-order valence-corrected chi connectivity index (χ2v) is 4.70. The molecule has 100 valence electrons. The molecule has 1 aromatic heterocycles. The van der Waals surface area contributed by atoms with Gasteiger partial charge in [0.1, 0.15) is 0 Å². The first-order valence-corrected chi connectivity index (χ1v) is 6.50. The number of fused-ring (bicyclic) bond motifs is 1. The van der Waals surface area contributed by atoms with E-state index in [2.05, 4.69) is 26.1 Å². The molecular weight excluding hydrogens is 242 g/mol. The van der Waals surface area contributed by atoms with Crippen LogP contribution in [-0.4, -0.2) is 48.3 Å². The van der Waals surface area contributed by atoms with Crippen molar-refractivity contribution in [3.05, 3.63) is 30.0 Å². The van der Waals surface area contributed by atoms with E-state index < -0.39 is 0 Å². The highest BCUT2D eigenvalue weighted by Crippen LogP contribution is 2.14. The van der Waals surface area contributed by atoms with Crippen molar-refractivity contribution < 1.29 is 4.79 Å². The maximum absolute atomic E-state index is 12.3. The Balaban J connectivity index is 1.76. The van der Waals surface area contributed by atoms with Crippen molar-refractivity contribution in [2.75, 3.05) is 26.2 Å². The van der Waals surface area contributed by atoms with Crippen molar-refractivity contribution in [2.45, 2.75) is 6.04 Å². The summed E-state index contributed by atoms with van der Waals surface area (Å²) < 4.78 is 0. The SMILES string of the molecule is O=C(NC1CNCCNC1)c1n[nH]c2ccccc12. The number of H-pyrrole nitrogens is 1. The van der Waals surface area contributed by atoms with Crippen LogP contribution in [0.4, 0.5) is 0 Å². The summed E-state index contributed by atoms with van der Waals surface area (Å²) >= 11 is 0. The predicted octanol–water partition coefficient (Wildman–Crippen LogP) is -0.146. The van der Waals surface area contributed by atoms with E-state index in [1.807, 2.05) is 24.3 Å². The number of amides is 1. The van der Waals surface area contributed by atoms with E-state index in [4.69, 9.17) is 0 Å². The fourth-order valence-corrected chi connectivity index (χ4v) is 2.29. The maximum Gasteiger partial charge on any atom is 0.272 e. The number of rotatable bonds is 2. The Bertz CT molecular complexity index is 571. The van der Waals surface area contributed by atoms with Gasteiger partial charge in [-0.05, 0) is 6.07 Å². The monoisotopic (exact) mass is 259 g/mol. The van der Waals surface area contributed by atoms with Gasteiger partial charge in [0.15, 0.2) is 5.69 Å². The minimum absolute atomic E-state index is 0.0884. The second-order valence-electron chi connectivity index (χ2n) is 4.70. The summed E-state index contributed by atoms with van der Waals surface area (Å²) in [5, 5.41) is 17.4. The third kappa shape index (κ3) is 2.59. The number of hydrogen-bond donors (Lipinski definition) is 4. The van der Waals surface area contributed by atoms with Gasteiger partial charge in [0.05, 0.1) is 11.6 Å². The zero-order chi connectivity index (χ0) is 13.1. The molecule has 0 spiro atoms. The fraction of sp³-hybridized carbons (Fsp3) is 0.385. The molecule has 19 heavy (non-hydrogen) atoms. The van der Waals surface area contributed by atoms with Crippen LogP contribution >= 0.6 is 0 Å². The predicted molar refractivity (Wildman–Crippen MR) is 73.1 cm³/mol. The molecule has 0 bridgehead atoms. The first-order chi connectivity index (χ1) is 9.34. The average molecular weight is 259 g/mol.